The number of Topliss-reactive ketones (excluding diaryl/α,β-unsaturated/α-hetero) is 1. The molecule has 0 aliphatic carbocycles. The largest absolute Gasteiger partial charge is 0.490 e. The average Bonchev–Trinajstić information content (AvgIpc) is 2.43. The molecule has 0 unspecified atom stereocenters. The molecule has 1 aromatic rings. The fourth-order valence-electron chi connectivity index (χ4n) is 1.47. The van der Waals surface area contributed by atoms with Crippen LogP contribution in [0.15, 0.2) is 16.6 Å². The van der Waals surface area contributed by atoms with E-state index in [0.29, 0.717) is 34.7 Å². The highest BCUT2D eigenvalue weighted by atomic mass is 79.9. The van der Waals surface area contributed by atoms with Gasteiger partial charge in [0.1, 0.15) is 0 Å². The molecule has 0 fully saturated rings. The summed E-state index contributed by atoms with van der Waals surface area (Å²) in [6.07, 6.45) is 0.858. The van der Waals surface area contributed by atoms with Crippen molar-refractivity contribution in [2.75, 3.05) is 13.2 Å². The van der Waals surface area contributed by atoms with Crippen LogP contribution in [-0.2, 0) is 0 Å². The molecule has 0 saturated heterocycles. The Kier molecular flexibility index (Phi) is 2.95. The van der Waals surface area contributed by atoms with Crippen molar-refractivity contribution in [2.45, 2.75) is 13.3 Å². The summed E-state index contributed by atoms with van der Waals surface area (Å²) in [5.41, 5.74) is 0.624. The molecular weight excluding hydrogens is 260 g/mol. The Balaban J connectivity index is 2.50. The molecule has 0 radical (unpaired) electrons. The van der Waals surface area contributed by atoms with E-state index in [0.717, 1.165) is 6.42 Å². The topological polar surface area (TPSA) is 35.5 Å². The summed E-state index contributed by atoms with van der Waals surface area (Å²) < 4.78 is 11.7. The van der Waals surface area contributed by atoms with Crippen molar-refractivity contribution in [3.05, 3.63) is 22.2 Å². The normalized spacial score (nSPS) is 14.5. The molecule has 0 saturated carbocycles. The van der Waals surface area contributed by atoms with E-state index in [-0.39, 0.29) is 5.78 Å². The second kappa shape index (κ2) is 4.23. The van der Waals surface area contributed by atoms with Crippen LogP contribution in [0.1, 0.15) is 23.7 Å². The molecule has 1 aliphatic heterocycles. The Labute approximate surface area is 96.5 Å². The molecule has 1 heterocycles. The van der Waals surface area contributed by atoms with Gasteiger partial charge in [0.25, 0.3) is 0 Å². The third-order valence-corrected chi connectivity index (χ3v) is 3.02. The van der Waals surface area contributed by atoms with Gasteiger partial charge in [0, 0.05) is 12.0 Å². The summed E-state index contributed by atoms with van der Waals surface area (Å²) in [5.74, 6) is 1.35. The molecule has 1 aromatic carbocycles. The van der Waals surface area contributed by atoms with Crippen LogP contribution < -0.4 is 9.47 Å². The number of ketones is 1. The van der Waals surface area contributed by atoms with Crippen LogP contribution in [0.5, 0.6) is 11.5 Å². The van der Waals surface area contributed by atoms with Gasteiger partial charge in [-0.1, -0.05) is 0 Å². The van der Waals surface area contributed by atoms with E-state index in [4.69, 9.17) is 9.47 Å². The molecule has 0 bridgehead atoms. The summed E-state index contributed by atoms with van der Waals surface area (Å²) in [7, 11) is 0. The molecule has 80 valence electrons. The van der Waals surface area contributed by atoms with Crippen LogP contribution in [0.3, 0.4) is 0 Å². The zero-order valence-corrected chi connectivity index (χ0v) is 9.96. The number of rotatable bonds is 1. The third kappa shape index (κ3) is 2.00. The summed E-state index contributed by atoms with van der Waals surface area (Å²) in [4.78, 5) is 11.3. The molecule has 0 atom stereocenters. The first-order valence-corrected chi connectivity index (χ1v) is 5.58. The third-order valence-electron chi connectivity index (χ3n) is 2.23. The zero-order valence-electron chi connectivity index (χ0n) is 8.38. The second-order valence-corrected chi connectivity index (χ2v) is 4.15. The Hall–Kier alpha value is -1.03. The second-order valence-electron chi connectivity index (χ2n) is 3.36. The standard InChI is InChI=1S/C11H11BrO3/c1-7(13)8-3-4-9-11(10(8)12)15-6-2-5-14-9/h3-4H,2,5-6H2,1H3. The minimum Gasteiger partial charge on any atom is -0.490 e. The summed E-state index contributed by atoms with van der Waals surface area (Å²) >= 11 is 3.38. The lowest BCUT2D eigenvalue weighted by molar-refractivity contribution is 0.101. The van der Waals surface area contributed by atoms with Crippen molar-refractivity contribution in [1.29, 1.82) is 0 Å². The lowest BCUT2D eigenvalue weighted by Gasteiger charge is -2.11. The number of carbonyl (C=O) groups is 1. The minimum absolute atomic E-state index is 0.0116. The molecular formula is C11H11BrO3. The fourth-order valence-corrected chi connectivity index (χ4v) is 2.19. The van der Waals surface area contributed by atoms with Crippen LogP contribution in [0.25, 0.3) is 0 Å². The number of ether oxygens (including phenoxy) is 2. The maximum absolute atomic E-state index is 11.3. The molecule has 15 heavy (non-hydrogen) atoms. The Bertz CT molecular complexity index is 401. The summed E-state index contributed by atoms with van der Waals surface area (Å²) in [5, 5.41) is 0. The number of carbonyl (C=O) groups excluding carboxylic acids is 1. The van der Waals surface area contributed by atoms with Crippen molar-refractivity contribution in [3.8, 4) is 11.5 Å². The van der Waals surface area contributed by atoms with Crippen LogP contribution in [0, 0.1) is 0 Å². The number of hydrogen-bond donors (Lipinski definition) is 0. The Morgan fingerprint density at radius 1 is 1.33 bits per heavy atom. The van der Waals surface area contributed by atoms with E-state index in [1.807, 2.05) is 0 Å². The maximum Gasteiger partial charge on any atom is 0.176 e. The van der Waals surface area contributed by atoms with Gasteiger partial charge in [0.05, 0.1) is 17.7 Å². The van der Waals surface area contributed by atoms with Gasteiger partial charge in [-0.15, -0.1) is 0 Å². The van der Waals surface area contributed by atoms with E-state index >= 15 is 0 Å². The molecule has 4 heteroatoms. The number of fused-ring (bicyclic) bond motifs is 1. The fraction of sp³-hybridized carbons (Fsp3) is 0.364. The van der Waals surface area contributed by atoms with Gasteiger partial charge in [0.2, 0.25) is 0 Å². The van der Waals surface area contributed by atoms with Gasteiger partial charge in [-0.05, 0) is 35.0 Å². The minimum atomic E-state index is 0.0116. The van der Waals surface area contributed by atoms with E-state index in [1.165, 1.54) is 6.92 Å². The molecule has 0 amide bonds. The van der Waals surface area contributed by atoms with Crippen LogP contribution in [0.2, 0.25) is 0 Å². The van der Waals surface area contributed by atoms with Gasteiger partial charge < -0.3 is 9.47 Å². The molecule has 0 N–H and O–H groups in total. The van der Waals surface area contributed by atoms with Crippen molar-refractivity contribution in [1.82, 2.24) is 0 Å². The van der Waals surface area contributed by atoms with E-state index in [1.54, 1.807) is 12.1 Å². The van der Waals surface area contributed by atoms with Crippen LogP contribution in [-0.4, -0.2) is 19.0 Å². The van der Waals surface area contributed by atoms with Gasteiger partial charge in [-0.2, -0.15) is 0 Å². The van der Waals surface area contributed by atoms with Gasteiger partial charge in [-0.25, -0.2) is 0 Å². The molecule has 3 nitrogen and oxygen atoms in total. The maximum atomic E-state index is 11.3. The lowest BCUT2D eigenvalue weighted by atomic mass is 10.1. The van der Waals surface area contributed by atoms with Gasteiger partial charge >= 0.3 is 0 Å². The monoisotopic (exact) mass is 270 g/mol. The van der Waals surface area contributed by atoms with E-state index in [2.05, 4.69) is 15.9 Å². The van der Waals surface area contributed by atoms with Gasteiger partial charge in [0.15, 0.2) is 17.3 Å². The predicted octanol–water partition coefficient (Wildman–Crippen LogP) is 2.81. The number of hydrogen-bond acceptors (Lipinski definition) is 3. The SMILES string of the molecule is CC(=O)c1ccc2c(c1Br)OCCCO2. The molecule has 2 rings (SSSR count). The molecule has 0 spiro atoms. The summed E-state index contributed by atoms with van der Waals surface area (Å²) in [6.45, 7) is 2.80. The zero-order chi connectivity index (χ0) is 10.8. The van der Waals surface area contributed by atoms with Crippen molar-refractivity contribution in [3.63, 3.8) is 0 Å². The lowest BCUT2D eigenvalue weighted by Crippen LogP contribution is -1.99. The Morgan fingerprint density at radius 2 is 2.07 bits per heavy atom. The van der Waals surface area contributed by atoms with Crippen LogP contribution >= 0.6 is 15.9 Å². The van der Waals surface area contributed by atoms with E-state index in [9.17, 15) is 4.79 Å². The molecule has 0 aromatic heterocycles. The first-order valence-electron chi connectivity index (χ1n) is 4.79. The number of halogens is 1. The Morgan fingerprint density at radius 3 is 2.80 bits per heavy atom. The number of benzene rings is 1. The summed E-state index contributed by atoms with van der Waals surface area (Å²) in [6, 6.07) is 3.53. The first-order chi connectivity index (χ1) is 7.20. The van der Waals surface area contributed by atoms with E-state index < -0.39 is 0 Å². The predicted molar refractivity (Wildman–Crippen MR) is 59.8 cm³/mol. The molecule has 1 aliphatic rings. The van der Waals surface area contributed by atoms with Crippen molar-refractivity contribution in [2.24, 2.45) is 0 Å². The highest BCUT2D eigenvalue weighted by molar-refractivity contribution is 9.10. The van der Waals surface area contributed by atoms with Crippen molar-refractivity contribution < 1.29 is 14.3 Å². The highest BCUT2D eigenvalue weighted by Crippen LogP contribution is 2.39. The average molecular weight is 271 g/mol. The smallest absolute Gasteiger partial charge is 0.176 e. The van der Waals surface area contributed by atoms with Crippen LogP contribution in [0.4, 0.5) is 0 Å². The van der Waals surface area contributed by atoms with Gasteiger partial charge in [-0.3, -0.25) is 4.79 Å². The first kappa shape index (κ1) is 10.5. The van der Waals surface area contributed by atoms with Crippen molar-refractivity contribution >= 4 is 21.7 Å². The highest BCUT2D eigenvalue weighted by Gasteiger charge is 2.18. The quantitative estimate of drug-likeness (QED) is 0.737.